The summed E-state index contributed by atoms with van der Waals surface area (Å²) in [6.45, 7) is 1.44. The lowest BCUT2D eigenvalue weighted by atomic mass is 10.1. The van der Waals surface area contributed by atoms with Gasteiger partial charge in [-0.3, -0.25) is 4.79 Å². The van der Waals surface area contributed by atoms with Crippen LogP contribution >= 0.6 is 11.3 Å². The molecule has 0 saturated heterocycles. The van der Waals surface area contributed by atoms with Gasteiger partial charge in [0, 0.05) is 48.9 Å². The fourth-order valence-corrected chi connectivity index (χ4v) is 5.97. The van der Waals surface area contributed by atoms with Crippen LogP contribution < -0.4 is 5.32 Å². The smallest absolute Gasteiger partial charge is 0.268 e. The number of hydrogen-bond donors (Lipinski definition) is 1. The molecule has 0 aliphatic rings. The van der Waals surface area contributed by atoms with Gasteiger partial charge in [0.2, 0.25) is 5.91 Å². The van der Waals surface area contributed by atoms with E-state index in [4.69, 9.17) is 0 Å². The molecule has 0 aliphatic carbocycles. The molecule has 4 aromatic rings. The Morgan fingerprint density at radius 1 is 1.16 bits per heavy atom. The van der Waals surface area contributed by atoms with Gasteiger partial charge in [0.05, 0.1) is 16.7 Å². The van der Waals surface area contributed by atoms with E-state index < -0.39 is 10.0 Å². The number of nitrogens with one attached hydrogen (secondary N) is 1. The number of aryl methyl sites for hydroxylation is 2. The summed E-state index contributed by atoms with van der Waals surface area (Å²) in [6.07, 6.45) is 9.63. The predicted molar refractivity (Wildman–Crippen MR) is 122 cm³/mol. The first-order chi connectivity index (χ1) is 15.1. The molecular weight excluding hydrogens is 432 g/mol. The number of amides is 1. The highest BCUT2D eigenvalue weighted by Gasteiger charge is 2.21. The summed E-state index contributed by atoms with van der Waals surface area (Å²) < 4.78 is 29.4. The number of rotatable bonds is 10. The lowest BCUT2D eigenvalue weighted by molar-refractivity contribution is -0.121. The second kappa shape index (κ2) is 9.49. The molecule has 3 heterocycles. The summed E-state index contributed by atoms with van der Waals surface area (Å²) >= 11 is 1.36. The molecule has 3 aromatic heterocycles. The summed E-state index contributed by atoms with van der Waals surface area (Å²) in [7, 11) is -3.64. The third kappa shape index (κ3) is 4.88. The summed E-state index contributed by atoms with van der Waals surface area (Å²) in [4.78, 5) is 16.4. The van der Waals surface area contributed by atoms with Gasteiger partial charge in [-0.1, -0.05) is 18.2 Å². The van der Waals surface area contributed by atoms with Crippen molar-refractivity contribution >= 4 is 38.2 Å². The fraction of sp³-hybridized carbons (Fsp3) is 0.273. The molecule has 0 unspecified atom stereocenters. The van der Waals surface area contributed by atoms with E-state index in [0.717, 1.165) is 23.9 Å². The number of hydrogen-bond acceptors (Lipinski definition) is 5. The van der Waals surface area contributed by atoms with Crippen molar-refractivity contribution in [1.29, 1.82) is 0 Å². The van der Waals surface area contributed by atoms with Crippen LogP contribution in [0.3, 0.4) is 0 Å². The van der Waals surface area contributed by atoms with Gasteiger partial charge >= 0.3 is 0 Å². The molecule has 0 spiro atoms. The van der Waals surface area contributed by atoms with Crippen LogP contribution in [0.15, 0.2) is 70.9 Å². The zero-order valence-electron chi connectivity index (χ0n) is 17.0. The summed E-state index contributed by atoms with van der Waals surface area (Å²) in [5.74, 6) is 0.0141. The highest BCUT2D eigenvalue weighted by Crippen LogP contribution is 2.27. The van der Waals surface area contributed by atoms with Crippen LogP contribution in [0.25, 0.3) is 10.9 Å². The number of aromatic nitrogens is 3. The van der Waals surface area contributed by atoms with E-state index in [0.29, 0.717) is 36.2 Å². The van der Waals surface area contributed by atoms with Crippen LogP contribution in [0.2, 0.25) is 0 Å². The molecule has 9 heteroatoms. The highest BCUT2D eigenvalue weighted by molar-refractivity contribution is 7.90. The number of nitrogens with zero attached hydrogens (tertiary/aromatic N) is 3. The van der Waals surface area contributed by atoms with Gasteiger partial charge in [0.1, 0.15) is 0 Å². The Hall–Kier alpha value is -2.91. The lowest BCUT2D eigenvalue weighted by Crippen LogP contribution is -2.24. The lowest BCUT2D eigenvalue weighted by Gasteiger charge is -2.06. The Morgan fingerprint density at radius 2 is 2.03 bits per heavy atom. The minimum atomic E-state index is -3.64. The molecule has 31 heavy (non-hydrogen) atoms. The molecule has 162 valence electrons. The molecule has 0 atom stereocenters. The van der Waals surface area contributed by atoms with Gasteiger partial charge in [-0.15, -0.1) is 0 Å². The molecule has 0 bridgehead atoms. The zero-order valence-corrected chi connectivity index (χ0v) is 18.6. The van der Waals surface area contributed by atoms with Gasteiger partial charge in [-0.2, -0.15) is 11.3 Å². The Balaban J connectivity index is 1.36. The second-order valence-electron chi connectivity index (χ2n) is 7.29. The molecule has 1 N–H and O–H groups in total. The van der Waals surface area contributed by atoms with Crippen molar-refractivity contribution < 1.29 is 13.2 Å². The van der Waals surface area contributed by atoms with Gasteiger partial charge < -0.3 is 9.88 Å². The first-order valence-corrected chi connectivity index (χ1v) is 12.5. The van der Waals surface area contributed by atoms with E-state index in [-0.39, 0.29) is 5.91 Å². The summed E-state index contributed by atoms with van der Waals surface area (Å²) in [5, 5.41) is 7.25. The van der Waals surface area contributed by atoms with Crippen molar-refractivity contribution in [2.24, 2.45) is 0 Å². The monoisotopic (exact) mass is 456 g/mol. The Morgan fingerprint density at radius 3 is 2.81 bits per heavy atom. The first kappa shape index (κ1) is 21.3. The zero-order chi connectivity index (χ0) is 21.7. The maximum absolute atomic E-state index is 13.0. The van der Waals surface area contributed by atoms with E-state index in [2.05, 4.69) is 10.3 Å². The van der Waals surface area contributed by atoms with E-state index in [1.54, 1.807) is 35.5 Å². The molecule has 1 amide bonds. The number of carbonyl (C=O) groups is 1. The van der Waals surface area contributed by atoms with Crippen LogP contribution in [-0.4, -0.2) is 34.4 Å². The normalized spacial score (nSPS) is 11.7. The number of carbonyl (C=O) groups excluding carboxylic acids is 1. The van der Waals surface area contributed by atoms with E-state index in [1.807, 2.05) is 35.0 Å². The predicted octanol–water partition coefficient (Wildman–Crippen LogP) is 3.67. The molecule has 0 radical (unpaired) electrons. The fourth-order valence-electron chi connectivity index (χ4n) is 3.56. The maximum Gasteiger partial charge on any atom is 0.268 e. The Bertz CT molecular complexity index is 1240. The van der Waals surface area contributed by atoms with Gasteiger partial charge in [0.25, 0.3) is 10.0 Å². The largest absolute Gasteiger partial charge is 0.356 e. The molecular formula is C22H24N4O3S2. The summed E-state index contributed by atoms with van der Waals surface area (Å²) in [6, 6.07) is 9.10. The van der Waals surface area contributed by atoms with Crippen LogP contribution in [0.5, 0.6) is 0 Å². The topological polar surface area (TPSA) is 86.0 Å². The van der Waals surface area contributed by atoms with Gasteiger partial charge in [-0.25, -0.2) is 17.4 Å². The van der Waals surface area contributed by atoms with Crippen molar-refractivity contribution in [3.8, 4) is 0 Å². The molecule has 1 aromatic carbocycles. The number of benzene rings is 1. The minimum Gasteiger partial charge on any atom is -0.356 e. The van der Waals surface area contributed by atoms with Crippen molar-refractivity contribution in [2.45, 2.75) is 37.1 Å². The van der Waals surface area contributed by atoms with E-state index in [1.165, 1.54) is 15.3 Å². The van der Waals surface area contributed by atoms with Crippen LogP contribution in [0, 0.1) is 0 Å². The third-order valence-corrected chi connectivity index (χ3v) is 7.64. The average molecular weight is 457 g/mol. The van der Waals surface area contributed by atoms with Gasteiger partial charge in [-0.05, 0) is 42.3 Å². The summed E-state index contributed by atoms with van der Waals surface area (Å²) in [5.41, 5.74) is 1.59. The SMILES string of the molecule is O=C(CCCc1cn(S(=O)(=O)c2ccsc2)c2ccccc12)NCCCn1ccnc1. The quantitative estimate of drug-likeness (QED) is 0.369. The number of thiophene rings is 1. The molecule has 0 aliphatic heterocycles. The number of fused-ring (bicyclic) bond motifs is 1. The molecule has 4 rings (SSSR count). The van der Waals surface area contributed by atoms with Crippen LogP contribution in [0.1, 0.15) is 24.8 Å². The third-order valence-electron chi connectivity index (χ3n) is 5.14. The number of para-hydroxylation sites is 1. The van der Waals surface area contributed by atoms with Crippen molar-refractivity contribution in [3.05, 3.63) is 71.6 Å². The van der Waals surface area contributed by atoms with Crippen LogP contribution in [0.4, 0.5) is 0 Å². The van der Waals surface area contributed by atoms with Gasteiger partial charge in [0.15, 0.2) is 0 Å². The van der Waals surface area contributed by atoms with E-state index >= 15 is 0 Å². The Kier molecular flexibility index (Phi) is 6.53. The standard InChI is InChI=1S/C22H24N4O3S2/c27-22(24-10-4-12-25-13-11-23-17-25)8-3-5-18-15-26(21-7-2-1-6-20(18)21)31(28,29)19-9-14-30-16-19/h1-2,6-7,9,11,13-17H,3-5,8,10,12H2,(H,24,27). The van der Waals surface area contributed by atoms with E-state index in [9.17, 15) is 13.2 Å². The Labute approximate surface area is 185 Å². The molecule has 0 fully saturated rings. The first-order valence-electron chi connectivity index (χ1n) is 10.1. The molecule has 0 saturated carbocycles. The van der Waals surface area contributed by atoms with Crippen molar-refractivity contribution in [3.63, 3.8) is 0 Å². The molecule has 7 nitrogen and oxygen atoms in total. The minimum absolute atomic E-state index is 0.0141. The second-order valence-corrected chi connectivity index (χ2v) is 9.88. The highest BCUT2D eigenvalue weighted by atomic mass is 32.2. The van der Waals surface area contributed by atoms with Crippen LogP contribution in [-0.2, 0) is 27.8 Å². The van der Waals surface area contributed by atoms with Crippen molar-refractivity contribution in [2.75, 3.05) is 6.54 Å². The maximum atomic E-state index is 13.0. The van der Waals surface area contributed by atoms with Crippen molar-refractivity contribution in [1.82, 2.24) is 18.8 Å². The number of imidazole rings is 1. The average Bonchev–Trinajstić information content (AvgIpc) is 3.53.